The van der Waals surface area contributed by atoms with Gasteiger partial charge in [0.15, 0.2) is 11.3 Å². The minimum absolute atomic E-state index is 0.0349. The molecule has 1 aliphatic heterocycles. The lowest BCUT2D eigenvalue weighted by molar-refractivity contribution is -0.274. The van der Waals surface area contributed by atoms with Gasteiger partial charge in [0.05, 0.1) is 23.3 Å². The predicted octanol–water partition coefficient (Wildman–Crippen LogP) is 5.94. The van der Waals surface area contributed by atoms with Crippen LogP contribution in [-0.4, -0.2) is 44.5 Å². The first kappa shape index (κ1) is 27.3. The molecule has 2 heterocycles. The van der Waals surface area contributed by atoms with Gasteiger partial charge in [-0.2, -0.15) is 5.10 Å². The number of carbonyl (C=O) groups excluding carboxylic acids is 1. The van der Waals surface area contributed by atoms with E-state index in [1.807, 2.05) is 48.5 Å². The van der Waals surface area contributed by atoms with Crippen LogP contribution in [-0.2, 0) is 4.79 Å². The Morgan fingerprint density at radius 1 is 1.07 bits per heavy atom. The third-order valence-electron chi connectivity index (χ3n) is 6.08. The molecule has 206 valence electrons. The van der Waals surface area contributed by atoms with Gasteiger partial charge in [-0.3, -0.25) is 15.1 Å². The maximum absolute atomic E-state index is 12.7. The van der Waals surface area contributed by atoms with Crippen molar-refractivity contribution >= 4 is 29.6 Å². The van der Waals surface area contributed by atoms with Gasteiger partial charge in [0.2, 0.25) is 5.91 Å². The van der Waals surface area contributed by atoms with Gasteiger partial charge in [-0.25, -0.2) is 9.67 Å². The topological polar surface area (TPSA) is 84.6 Å². The lowest BCUT2D eigenvalue weighted by atomic mass is 10.0. The molecule has 12 heteroatoms. The molecule has 1 fully saturated rings. The number of anilines is 1. The minimum Gasteiger partial charge on any atom is -0.406 e. The van der Waals surface area contributed by atoms with Crippen molar-refractivity contribution in [3.05, 3.63) is 90.3 Å². The van der Waals surface area contributed by atoms with Crippen LogP contribution in [0.5, 0.6) is 5.75 Å². The van der Waals surface area contributed by atoms with Crippen LogP contribution in [0.2, 0.25) is 0 Å². The van der Waals surface area contributed by atoms with E-state index in [2.05, 4.69) is 39.2 Å². The fourth-order valence-electron chi connectivity index (χ4n) is 4.19. The summed E-state index contributed by atoms with van der Waals surface area (Å²) in [7, 11) is 0. The molecule has 5 rings (SSSR count). The van der Waals surface area contributed by atoms with E-state index in [-0.39, 0.29) is 23.1 Å². The van der Waals surface area contributed by atoms with Crippen LogP contribution in [0.1, 0.15) is 30.9 Å². The fourth-order valence-corrected chi connectivity index (χ4v) is 5.15. The number of hydrazone groups is 1. The number of alkyl halides is 3. The van der Waals surface area contributed by atoms with E-state index in [1.54, 1.807) is 11.1 Å². The normalized spacial score (nSPS) is 15.8. The van der Waals surface area contributed by atoms with Crippen LogP contribution in [0, 0.1) is 0 Å². The highest BCUT2D eigenvalue weighted by molar-refractivity contribution is 8.01. The molecule has 1 aromatic heterocycles. The van der Waals surface area contributed by atoms with Crippen LogP contribution in [0.4, 0.5) is 18.9 Å². The van der Waals surface area contributed by atoms with Crippen molar-refractivity contribution in [3.8, 4) is 22.8 Å². The third kappa shape index (κ3) is 6.28. The zero-order valence-electron chi connectivity index (χ0n) is 21.5. The second-order valence-electron chi connectivity index (χ2n) is 9.20. The summed E-state index contributed by atoms with van der Waals surface area (Å²) in [5, 5.41) is 8.80. The van der Waals surface area contributed by atoms with E-state index in [4.69, 9.17) is 0 Å². The van der Waals surface area contributed by atoms with Crippen molar-refractivity contribution in [1.82, 2.24) is 20.2 Å². The molecule has 1 aliphatic rings. The fraction of sp³-hybridized carbons (Fsp3) is 0.214. The molecule has 3 aromatic carbocycles. The number of aromatic nitrogens is 3. The Hall–Kier alpha value is -4.32. The smallest absolute Gasteiger partial charge is 0.406 e. The van der Waals surface area contributed by atoms with E-state index in [9.17, 15) is 18.0 Å². The average molecular weight is 567 g/mol. The number of carbonyl (C=O) groups is 1. The van der Waals surface area contributed by atoms with E-state index >= 15 is 0 Å². The second kappa shape index (κ2) is 11.4. The molecule has 0 aliphatic carbocycles. The first-order valence-corrected chi connectivity index (χ1v) is 13.4. The highest BCUT2D eigenvalue weighted by Crippen LogP contribution is 2.34. The molecule has 0 saturated carbocycles. The van der Waals surface area contributed by atoms with Crippen molar-refractivity contribution in [2.24, 2.45) is 5.10 Å². The molecule has 4 aromatic rings. The number of hydrogen-bond donors (Lipinski definition) is 1. The first-order chi connectivity index (χ1) is 19.2. The number of rotatable bonds is 8. The second-order valence-corrected chi connectivity index (χ2v) is 10.3. The number of amides is 1. The Morgan fingerprint density at radius 2 is 1.80 bits per heavy atom. The Bertz CT molecular complexity index is 1500. The monoisotopic (exact) mass is 566 g/mol. The van der Waals surface area contributed by atoms with E-state index in [0.717, 1.165) is 22.4 Å². The summed E-state index contributed by atoms with van der Waals surface area (Å²) in [5.74, 6) is 0.829. The maximum atomic E-state index is 12.7. The molecule has 1 amide bonds. The van der Waals surface area contributed by atoms with Crippen molar-refractivity contribution in [2.75, 3.05) is 10.7 Å². The van der Waals surface area contributed by atoms with Gasteiger partial charge >= 0.3 is 6.36 Å². The van der Waals surface area contributed by atoms with Crippen LogP contribution in [0.25, 0.3) is 17.1 Å². The number of benzene rings is 3. The zero-order chi connectivity index (χ0) is 28.3. The summed E-state index contributed by atoms with van der Waals surface area (Å²) >= 11 is 1.49. The molecule has 8 nitrogen and oxygen atoms in total. The Balaban J connectivity index is 1.23. The molecule has 0 radical (unpaired) electrons. The number of hydrogen-bond acceptors (Lipinski definition) is 7. The highest BCUT2D eigenvalue weighted by Gasteiger charge is 2.34. The molecular formula is C28H25F3N6O2S. The average Bonchev–Trinajstić information content (AvgIpc) is 3.56. The van der Waals surface area contributed by atoms with Gasteiger partial charge < -0.3 is 4.74 Å². The number of para-hydroxylation sites is 1. The van der Waals surface area contributed by atoms with E-state index < -0.39 is 6.36 Å². The zero-order valence-corrected chi connectivity index (χ0v) is 22.4. The minimum atomic E-state index is -4.75. The number of nitrogens with one attached hydrogen (secondary N) is 1. The lowest BCUT2D eigenvalue weighted by Crippen LogP contribution is -2.40. The number of halogens is 3. The molecule has 0 bridgehead atoms. The van der Waals surface area contributed by atoms with Crippen molar-refractivity contribution < 1.29 is 22.7 Å². The Labute approximate surface area is 232 Å². The number of nitrogens with zero attached hydrogens (tertiary/aromatic N) is 5. The summed E-state index contributed by atoms with van der Waals surface area (Å²) in [4.78, 5) is 18.7. The molecule has 0 spiro atoms. The van der Waals surface area contributed by atoms with Crippen molar-refractivity contribution in [1.29, 1.82) is 0 Å². The molecule has 1 saturated heterocycles. The van der Waals surface area contributed by atoms with Gasteiger partial charge in [0.25, 0.3) is 0 Å². The molecular weight excluding hydrogens is 541 g/mol. The van der Waals surface area contributed by atoms with Crippen LogP contribution < -0.4 is 15.1 Å². The number of thioether (sulfide) groups is 1. The van der Waals surface area contributed by atoms with Crippen LogP contribution in [0.15, 0.2) is 84.2 Å². The summed E-state index contributed by atoms with van der Waals surface area (Å²) in [6.07, 6.45) is -1.59. The van der Waals surface area contributed by atoms with Gasteiger partial charge in [-0.15, -0.1) is 30.0 Å². The molecule has 1 N–H and O–H groups in total. The summed E-state index contributed by atoms with van der Waals surface area (Å²) in [6.45, 7) is 4.20. The Kier molecular flexibility index (Phi) is 7.78. The summed E-state index contributed by atoms with van der Waals surface area (Å²) < 4.78 is 42.5. The van der Waals surface area contributed by atoms with Crippen molar-refractivity contribution in [3.63, 3.8) is 0 Å². The van der Waals surface area contributed by atoms with Crippen LogP contribution >= 0.6 is 11.8 Å². The van der Waals surface area contributed by atoms with Gasteiger partial charge in [0.1, 0.15) is 12.1 Å². The van der Waals surface area contributed by atoms with Gasteiger partial charge in [-0.05, 0) is 47.4 Å². The standard InChI is InChI=1S/C28H25F3N6O2S/c1-18(2)23-5-3-4-6-24(23)37-25(38)16-40-27(37)34-33-15-19-7-9-20(10-8-19)26-32-17-36(35-26)21-11-13-22(14-12-21)39-28(29,30)31/h3-15,17-18,27,34H,16H2,1-2H3/b33-15+. The maximum Gasteiger partial charge on any atom is 0.573 e. The first-order valence-electron chi connectivity index (χ1n) is 12.4. The quantitative estimate of drug-likeness (QED) is 0.210. The lowest BCUT2D eigenvalue weighted by Gasteiger charge is -2.26. The van der Waals surface area contributed by atoms with Crippen LogP contribution in [0.3, 0.4) is 0 Å². The van der Waals surface area contributed by atoms with Gasteiger partial charge in [-0.1, -0.05) is 56.3 Å². The molecule has 40 heavy (non-hydrogen) atoms. The van der Waals surface area contributed by atoms with E-state index in [0.29, 0.717) is 17.3 Å². The summed E-state index contributed by atoms with van der Waals surface area (Å²) in [6, 6.07) is 20.7. The highest BCUT2D eigenvalue weighted by atomic mass is 32.2. The summed E-state index contributed by atoms with van der Waals surface area (Å²) in [5.41, 5.74) is 6.91. The predicted molar refractivity (Wildman–Crippen MR) is 148 cm³/mol. The SMILES string of the molecule is CC(C)c1ccccc1N1C(=O)CSC1N/N=C/c1ccc(-c2ncn(-c3ccc(OC(F)(F)F)cc3)n2)cc1. The Morgan fingerprint density at radius 3 is 2.50 bits per heavy atom. The van der Waals surface area contributed by atoms with E-state index in [1.165, 1.54) is 47.0 Å². The molecule has 1 unspecified atom stereocenters. The van der Waals surface area contributed by atoms with Gasteiger partial charge in [0, 0.05) is 5.56 Å². The largest absolute Gasteiger partial charge is 0.573 e. The molecule has 1 atom stereocenters. The van der Waals surface area contributed by atoms with Crippen molar-refractivity contribution in [2.45, 2.75) is 31.6 Å². The third-order valence-corrected chi connectivity index (χ3v) is 7.13. The number of ether oxygens (including phenoxy) is 1.